The van der Waals surface area contributed by atoms with Crippen molar-refractivity contribution in [3.05, 3.63) is 45.6 Å². The second-order valence-corrected chi connectivity index (χ2v) is 6.33. The van der Waals surface area contributed by atoms with E-state index in [2.05, 4.69) is 29.1 Å². The van der Waals surface area contributed by atoms with Crippen molar-refractivity contribution in [1.82, 2.24) is 9.97 Å². The van der Waals surface area contributed by atoms with Gasteiger partial charge in [-0.2, -0.15) is 0 Å². The minimum absolute atomic E-state index is 0.749. The van der Waals surface area contributed by atoms with Gasteiger partial charge in [0.2, 0.25) is 0 Å². The number of nitrogens with one attached hydrogen (secondary N) is 1. The highest BCUT2D eigenvalue weighted by atomic mass is 35.5. The molecule has 0 fully saturated rings. The minimum Gasteiger partial charge on any atom is -0.339 e. The van der Waals surface area contributed by atoms with E-state index in [1.165, 1.54) is 10.4 Å². The van der Waals surface area contributed by atoms with Gasteiger partial charge >= 0.3 is 0 Å². The van der Waals surface area contributed by atoms with Crippen LogP contribution in [0.15, 0.2) is 24.5 Å². The molecule has 102 valence electrons. The van der Waals surface area contributed by atoms with E-state index in [9.17, 15) is 0 Å². The van der Waals surface area contributed by atoms with Gasteiger partial charge in [0.15, 0.2) is 0 Å². The van der Waals surface area contributed by atoms with Gasteiger partial charge in [-0.1, -0.05) is 17.7 Å². The van der Waals surface area contributed by atoms with E-state index in [4.69, 9.17) is 11.6 Å². The lowest BCUT2D eigenvalue weighted by Gasteiger charge is -2.11. The van der Waals surface area contributed by atoms with Crippen LogP contribution >= 0.6 is 22.9 Å². The van der Waals surface area contributed by atoms with Gasteiger partial charge < -0.3 is 5.32 Å². The van der Waals surface area contributed by atoms with Crippen molar-refractivity contribution in [2.45, 2.75) is 20.8 Å². The van der Waals surface area contributed by atoms with Crippen molar-refractivity contribution >= 4 is 44.7 Å². The zero-order valence-corrected chi connectivity index (χ0v) is 13.1. The first-order chi connectivity index (χ1) is 9.58. The molecule has 0 radical (unpaired) electrons. The normalized spacial score (nSPS) is 11.0. The Morgan fingerprint density at radius 1 is 1.10 bits per heavy atom. The van der Waals surface area contributed by atoms with Gasteiger partial charge in [0.05, 0.1) is 5.39 Å². The Labute approximate surface area is 126 Å². The number of rotatable bonds is 2. The summed E-state index contributed by atoms with van der Waals surface area (Å²) in [5.41, 5.74) is 3.22. The highest BCUT2D eigenvalue weighted by molar-refractivity contribution is 7.18. The summed E-state index contributed by atoms with van der Waals surface area (Å²) >= 11 is 7.86. The van der Waals surface area contributed by atoms with E-state index >= 15 is 0 Å². The Hall–Kier alpha value is -1.65. The van der Waals surface area contributed by atoms with E-state index < -0.39 is 0 Å². The van der Waals surface area contributed by atoms with Crippen LogP contribution in [-0.2, 0) is 0 Å². The third-order valence-corrected chi connectivity index (χ3v) is 5.01. The topological polar surface area (TPSA) is 37.8 Å². The number of hydrogen-bond acceptors (Lipinski definition) is 4. The lowest BCUT2D eigenvalue weighted by Crippen LogP contribution is -1.97. The molecule has 2 heterocycles. The smallest absolute Gasteiger partial charge is 0.142 e. The second-order valence-electron chi connectivity index (χ2n) is 4.72. The van der Waals surface area contributed by atoms with E-state index in [1.54, 1.807) is 17.7 Å². The minimum atomic E-state index is 0.749. The predicted octanol–water partition coefficient (Wildman–Crippen LogP) is 5.01. The fourth-order valence-corrected chi connectivity index (χ4v) is 3.32. The summed E-state index contributed by atoms with van der Waals surface area (Å²) in [5, 5.41) is 5.22. The van der Waals surface area contributed by atoms with Crippen LogP contribution in [0.25, 0.3) is 10.2 Å². The Morgan fingerprint density at radius 2 is 1.90 bits per heavy atom. The molecule has 0 aliphatic heterocycles. The largest absolute Gasteiger partial charge is 0.339 e. The third kappa shape index (κ3) is 2.15. The first kappa shape index (κ1) is 13.3. The molecule has 1 aromatic carbocycles. The number of benzene rings is 1. The fourth-order valence-electron chi connectivity index (χ4n) is 2.15. The van der Waals surface area contributed by atoms with E-state index in [0.717, 1.165) is 32.3 Å². The van der Waals surface area contributed by atoms with Gasteiger partial charge in [0, 0.05) is 15.6 Å². The van der Waals surface area contributed by atoms with E-state index in [1.807, 2.05) is 25.1 Å². The van der Waals surface area contributed by atoms with Crippen molar-refractivity contribution in [3.8, 4) is 0 Å². The Balaban J connectivity index is 2.13. The van der Waals surface area contributed by atoms with Crippen LogP contribution in [0.1, 0.15) is 16.0 Å². The molecule has 5 heteroatoms. The van der Waals surface area contributed by atoms with Crippen molar-refractivity contribution in [1.29, 1.82) is 0 Å². The number of fused-ring (bicyclic) bond motifs is 1. The molecule has 3 rings (SSSR count). The zero-order chi connectivity index (χ0) is 14.3. The van der Waals surface area contributed by atoms with E-state index in [0.29, 0.717) is 0 Å². The summed E-state index contributed by atoms with van der Waals surface area (Å²) in [6.45, 7) is 6.21. The van der Waals surface area contributed by atoms with Gasteiger partial charge in [-0.05, 0) is 44.0 Å². The average molecular weight is 304 g/mol. The molecule has 3 nitrogen and oxygen atoms in total. The summed E-state index contributed by atoms with van der Waals surface area (Å²) in [7, 11) is 0. The number of halogens is 1. The monoisotopic (exact) mass is 303 g/mol. The maximum atomic E-state index is 6.16. The molecular formula is C15H14ClN3S. The van der Waals surface area contributed by atoms with Crippen LogP contribution in [0.5, 0.6) is 0 Å². The van der Waals surface area contributed by atoms with Crippen LogP contribution in [0.2, 0.25) is 5.02 Å². The molecule has 0 saturated carbocycles. The molecule has 0 bridgehead atoms. The van der Waals surface area contributed by atoms with Crippen LogP contribution in [0, 0.1) is 20.8 Å². The molecular weight excluding hydrogens is 290 g/mol. The Morgan fingerprint density at radius 3 is 2.70 bits per heavy atom. The highest BCUT2D eigenvalue weighted by Crippen LogP contribution is 2.34. The maximum Gasteiger partial charge on any atom is 0.142 e. The van der Waals surface area contributed by atoms with Crippen molar-refractivity contribution in [3.63, 3.8) is 0 Å². The van der Waals surface area contributed by atoms with Gasteiger partial charge in [0.25, 0.3) is 0 Å². The van der Waals surface area contributed by atoms with Gasteiger partial charge in [-0.15, -0.1) is 11.3 Å². The number of hydrogen-bond donors (Lipinski definition) is 1. The molecule has 1 N–H and O–H groups in total. The highest BCUT2D eigenvalue weighted by Gasteiger charge is 2.13. The van der Waals surface area contributed by atoms with Crippen LogP contribution < -0.4 is 5.32 Å². The van der Waals surface area contributed by atoms with Crippen molar-refractivity contribution < 1.29 is 0 Å². The molecule has 0 aliphatic rings. The lowest BCUT2D eigenvalue weighted by molar-refractivity contribution is 1.22. The van der Waals surface area contributed by atoms with Crippen LogP contribution in [0.3, 0.4) is 0 Å². The molecule has 0 saturated heterocycles. The average Bonchev–Trinajstić information content (AvgIpc) is 2.72. The first-order valence-corrected chi connectivity index (χ1v) is 7.50. The number of nitrogens with zero attached hydrogens (tertiary/aromatic N) is 2. The molecule has 0 atom stereocenters. The van der Waals surface area contributed by atoms with Gasteiger partial charge in [0.1, 0.15) is 17.0 Å². The Bertz CT molecular complexity index is 795. The molecule has 0 aliphatic carbocycles. The first-order valence-electron chi connectivity index (χ1n) is 6.30. The zero-order valence-electron chi connectivity index (χ0n) is 11.5. The molecule has 2 aromatic heterocycles. The van der Waals surface area contributed by atoms with Gasteiger partial charge in [-0.3, -0.25) is 0 Å². The van der Waals surface area contributed by atoms with Gasteiger partial charge in [-0.25, -0.2) is 9.97 Å². The van der Waals surface area contributed by atoms with Crippen LogP contribution in [-0.4, -0.2) is 9.97 Å². The number of anilines is 2. The molecule has 0 unspecified atom stereocenters. The van der Waals surface area contributed by atoms with E-state index in [-0.39, 0.29) is 0 Å². The molecule has 3 aromatic rings. The Kier molecular flexibility index (Phi) is 3.36. The standard InChI is InChI=1S/C15H14ClN3S/c1-8-10(3)20-15-13(8)14(17-7-18-15)19-12-6-4-5-11(16)9(12)2/h4-7H,1-3H3,(H,17,18,19). The molecule has 0 spiro atoms. The van der Waals surface area contributed by atoms with Crippen molar-refractivity contribution in [2.75, 3.05) is 5.32 Å². The summed E-state index contributed by atoms with van der Waals surface area (Å²) in [5.74, 6) is 0.835. The summed E-state index contributed by atoms with van der Waals surface area (Å²) in [6.07, 6.45) is 1.60. The number of thiophene rings is 1. The number of aryl methyl sites for hydroxylation is 2. The fraction of sp³-hybridized carbons (Fsp3) is 0.200. The van der Waals surface area contributed by atoms with Crippen molar-refractivity contribution in [2.24, 2.45) is 0 Å². The summed E-state index contributed by atoms with van der Waals surface area (Å²) in [4.78, 5) is 11.0. The lowest BCUT2D eigenvalue weighted by atomic mass is 10.2. The maximum absolute atomic E-state index is 6.16. The molecule has 20 heavy (non-hydrogen) atoms. The number of aromatic nitrogens is 2. The summed E-state index contributed by atoms with van der Waals surface area (Å²) in [6, 6.07) is 5.82. The SMILES string of the molecule is Cc1sc2ncnc(Nc3cccc(Cl)c3C)c2c1C. The second kappa shape index (κ2) is 5.04. The molecule has 0 amide bonds. The third-order valence-electron chi connectivity index (χ3n) is 3.49. The van der Waals surface area contributed by atoms with Crippen LogP contribution in [0.4, 0.5) is 11.5 Å². The quantitative estimate of drug-likeness (QED) is 0.723. The summed E-state index contributed by atoms with van der Waals surface area (Å²) < 4.78 is 0. The predicted molar refractivity (Wildman–Crippen MR) is 86.4 cm³/mol.